The number of hydrogen-bond donors (Lipinski definition) is 1. The van der Waals surface area contributed by atoms with Crippen LogP contribution in [0.1, 0.15) is 18.1 Å². The quantitative estimate of drug-likeness (QED) is 0.922. The van der Waals surface area contributed by atoms with Crippen molar-refractivity contribution < 1.29 is 18.6 Å². The van der Waals surface area contributed by atoms with Gasteiger partial charge in [0, 0.05) is 6.42 Å². The first-order valence-corrected chi connectivity index (χ1v) is 6.72. The Morgan fingerprint density at radius 1 is 1.19 bits per heavy atom. The SMILES string of the molecule is COc1cccc(F)c1C(C)(O)Cc1ccc(Cl)c(F)c1. The summed E-state index contributed by atoms with van der Waals surface area (Å²) in [6.45, 7) is 1.46. The predicted octanol–water partition coefficient (Wildman–Crippen LogP) is 4.08. The van der Waals surface area contributed by atoms with Crippen LogP contribution in [0.3, 0.4) is 0 Å². The maximum Gasteiger partial charge on any atom is 0.142 e. The van der Waals surface area contributed by atoms with Crippen LogP contribution < -0.4 is 4.74 Å². The van der Waals surface area contributed by atoms with E-state index in [1.54, 1.807) is 12.1 Å². The van der Waals surface area contributed by atoms with E-state index in [9.17, 15) is 13.9 Å². The summed E-state index contributed by atoms with van der Waals surface area (Å²) in [4.78, 5) is 0. The number of aliphatic hydroxyl groups is 1. The Labute approximate surface area is 126 Å². The van der Waals surface area contributed by atoms with E-state index in [-0.39, 0.29) is 22.8 Å². The summed E-state index contributed by atoms with van der Waals surface area (Å²) in [6.07, 6.45) is 0.0262. The van der Waals surface area contributed by atoms with Crippen LogP contribution in [0, 0.1) is 11.6 Å². The summed E-state index contributed by atoms with van der Waals surface area (Å²) in [7, 11) is 1.40. The van der Waals surface area contributed by atoms with Crippen molar-refractivity contribution in [3.8, 4) is 5.75 Å². The van der Waals surface area contributed by atoms with Crippen molar-refractivity contribution in [2.75, 3.05) is 7.11 Å². The minimum Gasteiger partial charge on any atom is -0.496 e. The van der Waals surface area contributed by atoms with E-state index in [2.05, 4.69) is 0 Å². The molecule has 0 heterocycles. The van der Waals surface area contributed by atoms with Crippen molar-refractivity contribution in [3.63, 3.8) is 0 Å². The Morgan fingerprint density at radius 2 is 1.90 bits per heavy atom. The molecule has 2 aromatic carbocycles. The van der Waals surface area contributed by atoms with Crippen LogP contribution in [0.15, 0.2) is 36.4 Å². The average Bonchev–Trinajstić information content (AvgIpc) is 2.42. The molecule has 0 amide bonds. The minimum atomic E-state index is -1.54. The van der Waals surface area contributed by atoms with E-state index in [4.69, 9.17) is 16.3 Å². The van der Waals surface area contributed by atoms with Gasteiger partial charge in [0.15, 0.2) is 0 Å². The Morgan fingerprint density at radius 3 is 2.52 bits per heavy atom. The van der Waals surface area contributed by atoms with Gasteiger partial charge in [0.05, 0.1) is 23.3 Å². The summed E-state index contributed by atoms with van der Waals surface area (Å²) in [5, 5.41) is 10.6. The maximum absolute atomic E-state index is 14.0. The highest BCUT2D eigenvalue weighted by molar-refractivity contribution is 6.30. The van der Waals surface area contributed by atoms with Crippen LogP contribution in [0.5, 0.6) is 5.75 Å². The molecule has 0 aromatic heterocycles. The Kier molecular flexibility index (Phi) is 4.49. The lowest BCUT2D eigenvalue weighted by Gasteiger charge is -2.26. The fourth-order valence-corrected chi connectivity index (χ4v) is 2.45. The van der Waals surface area contributed by atoms with Crippen molar-refractivity contribution in [2.24, 2.45) is 0 Å². The molecule has 1 atom stereocenters. The van der Waals surface area contributed by atoms with Crippen LogP contribution >= 0.6 is 11.6 Å². The summed E-state index contributed by atoms with van der Waals surface area (Å²) in [6, 6.07) is 8.53. The normalized spacial score (nSPS) is 13.8. The molecule has 0 aliphatic heterocycles. The molecule has 2 nitrogen and oxygen atoms in total. The summed E-state index contributed by atoms with van der Waals surface area (Å²) in [5.41, 5.74) is -0.994. The highest BCUT2D eigenvalue weighted by Gasteiger charge is 2.30. The zero-order chi connectivity index (χ0) is 15.6. The van der Waals surface area contributed by atoms with E-state index >= 15 is 0 Å². The molecule has 0 spiro atoms. The van der Waals surface area contributed by atoms with Gasteiger partial charge in [-0.15, -0.1) is 0 Å². The second kappa shape index (κ2) is 6.00. The van der Waals surface area contributed by atoms with E-state index in [1.165, 1.54) is 38.3 Å². The van der Waals surface area contributed by atoms with Gasteiger partial charge in [0.1, 0.15) is 17.4 Å². The van der Waals surface area contributed by atoms with Gasteiger partial charge < -0.3 is 9.84 Å². The van der Waals surface area contributed by atoms with E-state index in [1.807, 2.05) is 0 Å². The van der Waals surface area contributed by atoms with Crippen LogP contribution in [0.25, 0.3) is 0 Å². The van der Waals surface area contributed by atoms with Crippen molar-refractivity contribution in [1.29, 1.82) is 0 Å². The number of ether oxygens (including phenoxy) is 1. The molecule has 0 aliphatic carbocycles. The number of hydrogen-bond acceptors (Lipinski definition) is 2. The summed E-state index contributed by atoms with van der Waals surface area (Å²) < 4.78 is 32.6. The Hall–Kier alpha value is -1.65. The first-order valence-electron chi connectivity index (χ1n) is 6.34. The van der Waals surface area contributed by atoms with Crippen molar-refractivity contribution in [1.82, 2.24) is 0 Å². The number of benzene rings is 2. The summed E-state index contributed by atoms with van der Waals surface area (Å²) >= 11 is 5.62. The largest absolute Gasteiger partial charge is 0.496 e. The van der Waals surface area contributed by atoms with E-state index < -0.39 is 17.2 Å². The van der Waals surface area contributed by atoms with Gasteiger partial charge in [-0.2, -0.15) is 0 Å². The molecule has 21 heavy (non-hydrogen) atoms. The monoisotopic (exact) mass is 312 g/mol. The number of methoxy groups -OCH3 is 1. The first kappa shape index (κ1) is 15.7. The molecular formula is C16H15ClF2O2. The third-order valence-electron chi connectivity index (χ3n) is 3.27. The number of rotatable bonds is 4. The molecule has 5 heteroatoms. The zero-order valence-electron chi connectivity index (χ0n) is 11.7. The smallest absolute Gasteiger partial charge is 0.142 e. The van der Waals surface area contributed by atoms with Gasteiger partial charge in [0.25, 0.3) is 0 Å². The standard InChI is InChI=1S/C16H15ClF2O2/c1-16(20,9-10-6-7-11(17)13(19)8-10)15-12(18)4-3-5-14(15)21-2/h3-8,20H,9H2,1-2H3. The number of halogens is 3. The molecule has 2 aromatic rings. The first-order chi connectivity index (χ1) is 9.85. The lowest BCUT2D eigenvalue weighted by atomic mass is 9.88. The molecule has 112 valence electrons. The van der Waals surface area contributed by atoms with Gasteiger partial charge in [-0.3, -0.25) is 0 Å². The molecule has 2 rings (SSSR count). The minimum absolute atomic E-state index is 0.00173. The molecule has 0 saturated carbocycles. The second-order valence-electron chi connectivity index (χ2n) is 5.02. The molecule has 0 aliphatic rings. The van der Waals surface area contributed by atoms with Crippen LogP contribution in [0.4, 0.5) is 8.78 Å². The van der Waals surface area contributed by atoms with E-state index in [0.717, 1.165) is 0 Å². The molecule has 0 bridgehead atoms. The molecular weight excluding hydrogens is 298 g/mol. The van der Waals surface area contributed by atoms with Crippen LogP contribution in [0.2, 0.25) is 5.02 Å². The van der Waals surface area contributed by atoms with Gasteiger partial charge in [0.2, 0.25) is 0 Å². The predicted molar refractivity (Wildman–Crippen MR) is 77.6 cm³/mol. The molecule has 0 saturated heterocycles. The molecule has 1 N–H and O–H groups in total. The highest BCUT2D eigenvalue weighted by Crippen LogP contribution is 2.35. The Bertz CT molecular complexity index is 657. The third kappa shape index (κ3) is 3.34. The third-order valence-corrected chi connectivity index (χ3v) is 3.57. The lowest BCUT2D eigenvalue weighted by molar-refractivity contribution is 0.0509. The zero-order valence-corrected chi connectivity index (χ0v) is 12.4. The highest BCUT2D eigenvalue weighted by atomic mass is 35.5. The topological polar surface area (TPSA) is 29.5 Å². The van der Waals surface area contributed by atoms with Gasteiger partial charge in [-0.1, -0.05) is 23.7 Å². The van der Waals surface area contributed by atoms with Gasteiger partial charge >= 0.3 is 0 Å². The fourth-order valence-electron chi connectivity index (χ4n) is 2.33. The second-order valence-corrected chi connectivity index (χ2v) is 5.42. The Balaban J connectivity index is 2.40. The molecule has 1 unspecified atom stereocenters. The summed E-state index contributed by atoms with van der Waals surface area (Å²) in [5.74, 6) is -0.909. The maximum atomic E-state index is 14.0. The lowest BCUT2D eigenvalue weighted by Crippen LogP contribution is -2.26. The van der Waals surface area contributed by atoms with Crippen molar-refractivity contribution >= 4 is 11.6 Å². The van der Waals surface area contributed by atoms with Crippen LogP contribution in [-0.2, 0) is 12.0 Å². The average molecular weight is 313 g/mol. The molecule has 0 radical (unpaired) electrons. The van der Waals surface area contributed by atoms with Gasteiger partial charge in [-0.05, 0) is 36.8 Å². The van der Waals surface area contributed by atoms with Crippen molar-refractivity contribution in [3.05, 3.63) is 64.2 Å². The molecule has 0 fully saturated rings. The fraction of sp³-hybridized carbons (Fsp3) is 0.250. The van der Waals surface area contributed by atoms with Gasteiger partial charge in [-0.25, -0.2) is 8.78 Å². The van der Waals surface area contributed by atoms with Crippen molar-refractivity contribution in [2.45, 2.75) is 18.9 Å². The van der Waals surface area contributed by atoms with Crippen LogP contribution in [-0.4, -0.2) is 12.2 Å². The van der Waals surface area contributed by atoms with E-state index in [0.29, 0.717) is 5.56 Å².